The van der Waals surface area contributed by atoms with E-state index < -0.39 is 8.25 Å². The van der Waals surface area contributed by atoms with Crippen molar-refractivity contribution in [1.82, 2.24) is 0 Å². The van der Waals surface area contributed by atoms with E-state index in [1.54, 1.807) is 12.1 Å². The zero-order valence-electron chi connectivity index (χ0n) is 7.51. The fraction of sp³-hybridized carbons (Fsp3) is 0. The molecule has 0 heterocycles. The quantitative estimate of drug-likeness (QED) is 0.417. The predicted octanol–water partition coefficient (Wildman–Crippen LogP) is -0.524. The second-order valence-corrected chi connectivity index (χ2v) is 3.42. The van der Waals surface area contributed by atoms with E-state index in [9.17, 15) is 4.57 Å². The Hall–Kier alpha value is 0.590. The van der Waals surface area contributed by atoms with E-state index in [1.165, 1.54) is 0 Å². The van der Waals surface area contributed by atoms with E-state index in [2.05, 4.69) is 3.97 Å². The maximum Gasteiger partial charge on any atom is 1.00 e. The molecule has 0 spiro atoms. The van der Waals surface area contributed by atoms with Gasteiger partial charge >= 0.3 is 37.8 Å². The van der Waals surface area contributed by atoms with Crippen LogP contribution >= 0.6 is 20.3 Å². The molecule has 12 heavy (non-hydrogen) atoms. The molecule has 0 fully saturated rings. The first-order chi connectivity index (χ1) is 5.29. The first-order valence-corrected chi connectivity index (χ1v) is 4.72. The average molecular weight is 213 g/mol. The maximum absolute atomic E-state index is 10.1. The molecule has 0 saturated heterocycles. The van der Waals surface area contributed by atoms with E-state index in [0.717, 1.165) is 16.9 Å². The maximum atomic E-state index is 10.1. The Morgan fingerprint density at radius 2 is 2.00 bits per heavy atom. The summed E-state index contributed by atoms with van der Waals surface area (Å²) in [5.41, 5.74) is 0. The molecule has 0 aliphatic heterocycles. The molecular formula is C6H7NaO3PS+. The van der Waals surface area contributed by atoms with Gasteiger partial charge in [0.05, 0.1) is 12.0 Å². The van der Waals surface area contributed by atoms with Gasteiger partial charge in [-0.3, -0.25) is 0 Å². The average Bonchev–Trinajstić information content (AvgIpc) is 2.03. The van der Waals surface area contributed by atoms with Gasteiger partial charge in [0, 0.05) is 9.46 Å². The van der Waals surface area contributed by atoms with Crippen LogP contribution in [0.2, 0.25) is 0 Å². The molecule has 1 atom stereocenters. The Morgan fingerprint density at radius 1 is 1.42 bits per heavy atom. The van der Waals surface area contributed by atoms with Crippen LogP contribution in [0.5, 0.6) is 0 Å². The Bertz CT molecular complexity index is 249. The molecule has 0 saturated carbocycles. The van der Waals surface area contributed by atoms with Crippen LogP contribution in [0.4, 0.5) is 0 Å². The van der Waals surface area contributed by atoms with E-state index in [0.29, 0.717) is 0 Å². The van der Waals surface area contributed by atoms with Gasteiger partial charge in [0.25, 0.3) is 0 Å². The molecule has 1 aromatic carbocycles. The Labute approximate surface area is 99.4 Å². The van der Waals surface area contributed by atoms with Gasteiger partial charge in [0.2, 0.25) is 0 Å². The van der Waals surface area contributed by atoms with Gasteiger partial charge in [0.15, 0.2) is 0 Å². The van der Waals surface area contributed by atoms with Crippen LogP contribution in [0.3, 0.4) is 0 Å². The molecule has 0 amide bonds. The smallest absolute Gasteiger partial charge is 1.00 e. The summed E-state index contributed by atoms with van der Waals surface area (Å²) in [6.45, 7) is 0. The number of rotatable bonds is 3. The van der Waals surface area contributed by atoms with Crippen molar-refractivity contribution in [2.75, 3.05) is 0 Å². The number of hydrogen-bond donors (Lipinski definition) is 1. The summed E-state index contributed by atoms with van der Waals surface area (Å²) in [6.07, 6.45) is 0. The van der Waals surface area contributed by atoms with Crippen molar-refractivity contribution < 1.29 is 44.4 Å². The van der Waals surface area contributed by atoms with E-state index in [-0.39, 0.29) is 31.0 Å². The molecule has 1 unspecified atom stereocenters. The second-order valence-electron chi connectivity index (χ2n) is 1.71. The predicted molar refractivity (Wildman–Crippen MR) is 44.3 cm³/mol. The number of benzene rings is 1. The van der Waals surface area contributed by atoms with Crippen LogP contribution in [0, 0.1) is 0 Å². The van der Waals surface area contributed by atoms with Gasteiger partial charge in [-0.1, -0.05) is 18.2 Å². The molecule has 0 radical (unpaired) electrons. The molecule has 0 aliphatic carbocycles. The van der Waals surface area contributed by atoms with Crippen molar-refractivity contribution >= 4 is 20.3 Å². The van der Waals surface area contributed by atoms with Gasteiger partial charge in [-0.25, -0.2) is 0 Å². The second kappa shape index (κ2) is 7.04. The van der Waals surface area contributed by atoms with Gasteiger partial charge in [0.1, 0.15) is 0 Å². The van der Waals surface area contributed by atoms with Crippen molar-refractivity contribution in [3.05, 3.63) is 30.3 Å². The summed E-state index contributed by atoms with van der Waals surface area (Å²) < 4.78 is 14.5. The van der Waals surface area contributed by atoms with Crippen LogP contribution in [0.1, 0.15) is 1.43 Å². The summed E-state index contributed by atoms with van der Waals surface area (Å²) in [5.74, 6) is 0. The van der Waals surface area contributed by atoms with Gasteiger partial charge in [-0.05, 0) is 16.1 Å². The van der Waals surface area contributed by atoms with Crippen LogP contribution in [0.15, 0.2) is 35.2 Å². The molecule has 0 aliphatic rings. The van der Waals surface area contributed by atoms with Crippen molar-refractivity contribution in [2.45, 2.75) is 4.90 Å². The third-order valence-corrected chi connectivity index (χ3v) is 2.21. The van der Waals surface area contributed by atoms with Crippen molar-refractivity contribution in [3.63, 3.8) is 0 Å². The topological polar surface area (TPSA) is 46.5 Å². The van der Waals surface area contributed by atoms with E-state index >= 15 is 0 Å². The third kappa shape index (κ3) is 5.27. The fourth-order valence-electron chi connectivity index (χ4n) is 0.551. The van der Waals surface area contributed by atoms with Crippen LogP contribution < -0.4 is 29.6 Å². The van der Waals surface area contributed by atoms with Crippen LogP contribution in [-0.4, -0.2) is 4.89 Å². The molecule has 1 aromatic rings. The van der Waals surface area contributed by atoms with Gasteiger partial charge in [-0.2, -0.15) is 0 Å². The zero-order valence-corrected chi connectivity index (χ0v) is 10.2. The minimum Gasteiger partial charge on any atom is -1.00 e. The summed E-state index contributed by atoms with van der Waals surface area (Å²) in [6, 6.07) is 9.11. The van der Waals surface area contributed by atoms with Crippen LogP contribution in [0.25, 0.3) is 0 Å². The number of hydrogen-bond acceptors (Lipinski definition) is 3. The molecule has 1 rings (SSSR count). The molecule has 1 N–H and O–H groups in total. The Morgan fingerprint density at radius 3 is 2.50 bits per heavy atom. The summed E-state index contributed by atoms with van der Waals surface area (Å²) in [7, 11) is -2.51. The van der Waals surface area contributed by atoms with E-state index in [1.807, 2.05) is 18.2 Å². The zero-order chi connectivity index (χ0) is 8.10. The van der Waals surface area contributed by atoms with Crippen LogP contribution in [-0.2, 0) is 8.54 Å². The molecule has 6 heteroatoms. The molecule has 0 aromatic heterocycles. The van der Waals surface area contributed by atoms with Gasteiger partial charge < -0.3 is 1.43 Å². The normalized spacial score (nSPS) is 10.2. The van der Waals surface area contributed by atoms with Crippen molar-refractivity contribution in [2.24, 2.45) is 0 Å². The minimum atomic E-state index is -2.51. The van der Waals surface area contributed by atoms with Crippen molar-refractivity contribution in [3.8, 4) is 0 Å². The minimum absolute atomic E-state index is 0. The molecule has 3 nitrogen and oxygen atoms in total. The van der Waals surface area contributed by atoms with E-state index in [4.69, 9.17) is 4.89 Å². The standard InChI is InChI=1S/C6H5O3PS.Na.H/c7-10(8)9-11-6-4-2-1-3-5-6;;/h1-5H;;/q;+1;-1/p+1. The summed E-state index contributed by atoms with van der Waals surface area (Å²) in [5, 5.41) is 0. The Kier molecular flexibility index (Phi) is 7.38. The fourth-order valence-corrected chi connectivity index (χ4v) is 1.42. The third-order valence-electron chi connectivity index (χ3n) is 0.940. The molecule has 0 bridgehead atoms. The van der Waals surface area contributed by atoms with Crippen molar-refractivity contribution in [1.29, 1.82) is 0 Å². The van der Waals surface area contributed by atoms with Gasteiger partial charge in [-0.15, -0.1) is 4.89 Å². The SMILES string of the molecule is O=[P+](O)OSc1ccccc1.[H-].[Na+]. The molecular weight excluding hydrogens is 206 g/mol. The monoisotopic (exact) mass is 213 g/mol. The molecule has 60 valence electrons. The summed E-state index contributed by atoms with van der Waals surface area (Å²) >= 11 is 0.895. The first-order valence-electron chi connectivity index (χ1n) is 2.85. The summed E-state index contributed by atoms with van der Waals surface area (Å²) in [4.78, 5) is 9.09. The Balaban J connectivity index is 0. The first kappa shape index (κ1) is 12.6. The largest absolute Gasteiger partial charge is 1.00 e.